The minimum atomic E-state index is -3.74. The molecule has 1 aliphatic rings. The average molecular weight is 354 g/mol. The molecule has 0 atom stereocenters. The lowest BCUT2D eigenvalue weighted by Crippen LogP contribution is -2.36. The molecule has 0 saturated heterocycles. The van der Waals surface area contributed by atoms with E-state index in [2.05, 4.69) is 10.0 Å². The largest absolute Gasteiger partial charge is 0.495 e. The molecular weight excluding hydrogens is 328 g/mol. The first-order valence-corrected chi connectivity index (χ1v) is 9.83. The summed E-state index contributed by atoms with van der Waals surface area (Å²) in [6.45, 7) is 3.70. The van der Waals surface area contributed by atoms with Gasteiger partial charge in [0.2, 0.25) is 10.0 Å². The van der Waals surface area contributed by atoms with E-state index in [0.29, 0.717) is 5.56 Å². The first kappa shape index (κ1) is 18.7. The second kappa shape index (κ2) is 7.98. The van der Waals surface area contributed by atoms with Gasteiger partial charge in [-0.25, -0.2) is 13.1 Å². The molecule has 2 N–H and O–H groups in total. The molecule has 0 bridgehead atoms. The summed E-state index contributed by atoms with van der Waals surface area (Å²) in [5.74, 6) is -0.0684. The SMILES string of the molecule is COc1ccc(C(=O)NC(C)C)cc1S(=O)(=O)NC1CCCCC1. The highest BCUT2D eigenvalue weighted by Crippen LogP contribution is 2.27. The predicted molar refractivity (Wildman–Crippen MR) is 92.8 cm³/mol. The van der Waals surface area contributed by atoms with Gasteiger partial charge < -0.3 is 10.1 Å². The fraction of sp³-hybridized carbons (Fsp3) is 0.588. The van der Waals surface area contributed by atoms with Crippen LogP contribution in [0.2, 0.25) is 0 Å². The van der Waals surface area contributed by atoms with Crippen molar-refractivity contribution in [3.8, 4) is 5.75 Å². The van der Waals surface area contributed by atoms with Gasteiger partial charge in [-0.15, -0.1) is 0 Å². The average Bonchev–Trinajstić information content (AvgIpc) is 2.54. The van der Waals surface area contributed by atoms with Crippen LogP contribution < -0.4 is 14.8 Å². The lowest BCUT2D eigenvalue weighted by molar-refractivity contribution is 0.0943. The van der Waals surface area contributed by atoms with Gasteiger partial charge in [0.15, 0.2) is 0 Å². The van der Waals surface area contributed by atoms with Crippen molar-refractivity contribution in [3.63, 3.8) is 0 Å². The maximum Gasteiger partial charge on any atom is 0.251 e. The molecule has 0 heterocycles. The van der Waals surface area contributed by atoms with Gasteiger partial charge in [0, 0.05) is 17.6 Å². The maximum absolute atomic E-state index is 12.8. The van der Waals surface area contributed by atoms with Gasteiger partial charge in [0.1, 0.15) is 10.6 Å². The van der Waals surface area contributed by atoms with Crippen molar-refractivity contribution >= 4 is 15.9 Å². The summed E-state index contributed by atoms with van der Waals surface area (Å²) in [4.78, 5) is 12.2. The second-order valence-corrected chi connectivity index (χ2v) is 8.13. The van der Waals surface area contributed by atoms with E-state index in [9.17, 15) is 13.2 Å². The van der Waals surface area contributed by atoms with Crippen LogP contribution in [-0.2, 0) is 10.0 Å². The predicted octanol–water partition coefficient (Wildman–Crippen LogP) is 2.44. The van der Waals surface area contributed by atoms with Crippen LogP contribution in [0.4, 0.5) is 0 Å². The summed E-state index contributed by atoms with van der Waals surface area (Å²) in [6, 6.07) is 4.38. The normalized spacial score (nSPS) is 16.2. The van der Waals surface area contributed by atoms with E-state index < -0.39 is 10.0 Å². The molecule has 1 aromatic rings. The van der Waals surface area contributed by atoms with Gasteiger partial charge in [-0.05, 0) is 44.9 Å². The van der Waals surface area contributed by atoms with E-state index in [-0.39, 0.29) is 28.6 Å². The van der Waals surface area contributed by atoms with E-state index in [4.69, 9.17) is 4.74 Å². The number of benzene rings is 1. The number of rotatable bonds is 6. The highest BCUT2D eigenvalue weighted by atomic mass is 32.2. The zero-order chi connectivity index (χ0) is 17.7. The molecule has 0 aromatic heterocycles. The van der Waals surface area contributed by atoms with Crippen LogP contribution in [0.5, 0.6) is 5.75 Å². The quantitative estimate of drug-likeness (QED) is 0.822. The monoisotopic (exact) mass is 354 g/mol. The van der Waals surface area contributed by atoms with E-state index in [1.165, 1.54) is 19.2 Å². The first-order valence-electron chi connectivity index (χ1n) is 8.34. The Morgan fingerprint density at radius 3 is 2.46 bits per heavy atom. The summed E-state index contributed by atoms with van der Waals surface area (Å²) in [7, 11) is -2.32. The van der Waals surface area contributed by atoms with Crippen LogP contribution in [0.15, 0.2) is 23.1 Å². The van der Waals surface area contributed by atoms with Crippen molar-refractivity contribution in [2.75, 3.05) is 7.11 Å². The molecule has 24 heavy (non-hydrogen) atoms. The summed E-state index contributed by atoms with van der Waals surface area (Å²) in [6.07, 6.45) is 4.89. The lowest BCUT2D eigenvalue weighted by atomic mass is 9.96. The maximum atomic E-state index is 12.8. The molecule has 0 aliphatic heterocycles. The van der Waals surface area contributed by atoms with Gasteiger partial charge in [-0.2, -0.15) is 0 Å². The van der Waals surface area contributed by atoms with Crippen LogP contribution in [0, 0.1) is 0 Å². The van der Waals surface area contributed by atoms with Crippen LogP contribution >= 0.6 is 0 Å². The molecule has 134 valence electrons. The fourth-order valence-corrected chi connectivity index (χ4v) is 4.38. The zero-order valence-electron chi connectivity index (χ0n) is 14.5. The van der Waals surface area contributed by atoms with Crippen molar-refractivity contribution in [1.29, 1.82) is 0 Å². The number of methoxy groups -OCH3 is 1. The first-order chi connectivity index (χ1) is 11.3. The zero-order valence-corrected chi connectivity index (χ0v) is 15.3. The Bertz CT molecular complexity index is 680. The summed E-state index contributed by atoms with van der Waals surface area (Å²) in [5, 5.41) is 2.76. The van der Waals surface area contributed by atoms with Gasteiger partial charge in [0.05, 0.1) is 7.11 Å². The van der Waals surface area contributed by atoms with E-state index in [0.717, 1.165) is 32.1 Å². The van der Waals surface area contributed by atoms with E-state index in [1.807, 2.05) is 13.8 Å². The number of hydrogen-bond donors (Lipinski definition) is 2. The van der Waals surface area contributed by atoms with Crippen molar-refractivity contribution in [3.05, 3.63) is 23.8 Å². The van der Waals surface area contributed by atoms with Crippen molar-refractivity contribution in [1.82, 2.24) is 10.0 Å². The Balaban J connectivity index is 2.30. The topological polar surface area (TPSA) is 84.5 Å². The molecule has 6 nitrogen and oxygen atoms in total. The highest BCUT2D eigenvalue weighted by molar-refractivity contribution is 7.89. The molecule has 1 aliphatic carbocycles. The molecule has 7 heteroatoms. The molecule has 1 fully saturated rings. The third-order valence-corrected chi connectivity index (χ3v) is 5.60. The Morgan fingerprint density at radius 2 is 1.88 bits per heavy atom. The smallest absolute Gasteiger partial charge is 0.251 e. The Hall–Kier alpha value is -1.60. The molecule has 1 saturated carbocycles. The fourth-order valence-electron chi connectivity index (χ4n) is 2.88. The summed E-state index contributed by atoms with van der Waals surface area (Å²) in [5.41, 5.74) is 0.300. The summed E-state index contributed by atoms with van der Waals surface area (Å²) < 4.78 is 33.4. The van der Waals surface area contributed by atoms with Gasteiger partial charge in [0.25, 0.3) is 5.91 Å². The number of nitrogens with one attached hydrogen (secondary N) is 2. The molecule has 0 radical (unpaired) electrons. The molecule has 2 rings (SSSR count). The third kappa shape index (κ3) is 4.70. The minimum absolute atomic E-state index is 0.00646. The van der Waals surface area contributed by atoms with Crippen LogP contribution in [0.3, 0.4) is 0 Å². The van der Waals surface area contributed by atoms with Crippen LogP contribution in [0.25, 0.3) is 0 Å². The Kier molecular flexibility index (Phi) is 6.23. The Labute approximate surface area is 144 Å². The molecule has 0 spiro atoms. The molecular formula is C17H26N2O4S. The van der Waals surface area contributed by atoms with Crippen LogP contribution in [0.1, 0.15) is 56.3 Å². The van der Waals surface area contributed by atoms with Crippen molar-refractivity contribution < 1.29 is 17.9 Å². The number of carbonyl (C=O) groups excluding carboxylic acids is 1. The Morgan fingerprint density at radius 1 is 1.21 bits per heavy atom. The van der Waals surface area contributed by atoms with Gasteiger partial charge in [-0.1, -0.05) is 19.3 Å². The second-order valence-electron chi connectivity index (χ2n) is 6.45. The van der Waals surface area contributed by atoms with E-state index >= 15 is 0 Å². The van der Waals surface area contributed by atoms with Crippen LogP contribution in [-0.4, -0.2) is 33.5 Å². The van der Waals surface area contributed by atoms with Gasteiger partial charge >= 0.3 is 0 Å². The van der Waals surface area contributed by atoms with Crippen molar-refractivity contribution in [2.45, 2.75) is 62.9 Å². The number of carbonyl (C=O) groups is 1. The number of ether oxygens (including phenoxy) is 1. The molecule has 1 amide bonds. The van der Waals surface area contributed by atoms with E-state index in [1.54, 1.807) is 6.07 Å². The minimum Gasteiger partial charge on any atom is -0.495 e. The number of amides is 1. The standard InChI is InChI=1S/C17H26N2O4S/c1-12(2)18-17(20)13-9-10-15(23-3)16(11-13)24(21,22)19-14-7-5-4-6-8-14/h9-12,14,19H,4-8H2,1-3H3,(H,18,20). The van der Waals surface area contributed by atoms with Crippen molar-refractivity contribution in [2.24, 2.45) is 0 Å². The number of hydrogen-bond acceptors (Lipinski definition) is 4. The third-order valence-electron chi connectivity index (χ3n) is 4.06. The molecule has 1 aromatic carbocycles. The number of sulfonamides is 1. The lowest BCUT2D eigenvalue weighted by Gasteiger charge is -2.23. The van der Waals surface area contributed by atoms with Gasteiger partial charge in [-0.3, -0.25) is 4.79 Å². The summed E-state index contributed by atoms with van der Waals surface area (Å²) >= 11 is 0. The highest BCUT2D eigenvalue weighted by Gasteiger charge is 2.26. The molecule has 0 unspecified atom stereocenters.